The van der Waals surface area contributed by atoms with Crippen molar-refractivity contribution in [1.29, 1.82) is 0 Å². The summed E-state index contributed by atoms with van der Waals surface area (Å²) < 4.78 is 2.02. The first-order chi connectivity index (χ1) is 9.41. The molecule has 0 fully saturated rings. The lowest BCUT2D eigenvalue weighted by Crippen LogP contribution is -2.09. The summed E-state index contributed by atoms with van der Waals surface area (Å²) in [6, 6.07) is 7.78. The van der Waals surface area contributed by atoms with Crippen LogP contribution in [0.15, 0.2) is 24.3 Å². The first kappa shape index (κ1) is 14.4. The minimum absolute atomic E-state index is 0.0263. The molecule has 2 N–H and O–H groups in total. The molecule has 0 saturated heterocycles. The molecule has 4 nitrogen and oxygen atoms in total. The van der Waals surface area contributed by atoms with Crippen LogP contribution in [0.25, 0.3) is 0 Å². The maximum absolute atomic E-state index is 9.93. The van der Waals surface area contributed by atoms with Crippen LogP contribution in [-0.2, 0) is 0 Å². The maximum atomic E-state index is 9.93. The van der Waals surface area contributed by atoms with Gasteiger partial charge < -0.3 is 10.4 Å². The van der Waals surface area contributed by atoms with E-state index < -0.39 is 0 Å². The second-order valence-corrected chi connectivity index (χ2v) is 5.51. The molecule has 0 aliphatic carbocycles. The summed E-state index contributed by atoms with van der Waals surface area (Å²) in [6.45, 7) is 10.4. The van der Waals surface area contributed by atoms with Crippen molar-refractivity contribution in [2.45, 2.75) is 46.7 Å². The summed E-state index contributed by atoms with van der Waals surface area (Å²) in [5, 5.41) is 18.0. The lowest BCUT2D eigenvalue weighted by atomic mass is 10.1. The average Bonchev–Trinajstić information content (AvgIpc) is 2.67. The molecule has 0 spiro atoms. The van der Waals surface area contributed by atoms with Crippen molar-refractivity contribution >= 4 is 5.69 Å². The Morgan fingerprint density at radius 2 is 1.80 bits per heavy atom. The molecule has 0 radical (unpaired) electrons. The smallest absolute Gasteiger partial charge is 0.120 e. The summed E-state index contributed by atoms with van der Waals surface area (Å²) in [7, 11) is 0. The van der Waals surface area contributed by atoms with E-state index in [4.69, 9.17) is 0 Å². The molecule has 108 valence electrons. The highest BCUT2D eigenvalue weighted by atomic mass is 16.3. The topological polar surface area (TPSA) is 50.1 Å². The van der Waals surface area contributed by atoms with Gasteiger partial charge >= 0.3 is 0 Å². The van der Waals surface area contributed by atoms with Gasteiger partial charge in [-0.3, -0.25) is 4.68 Å². The number of nitrogens with one attached hydrogen (secondary N) is 1. The molecule has 0 aliphatic heterocycles. The first-order valence-corrected chi connectivity index (χ1v) is 7.02. The average molecular weight is 273 g/mol. The van der Waals surface area contributed by atoms with E-state index in [0.717, 1.165) is 22.6 Å². The lowest BCUT2D eigenvalue weighted by molar-refractivity contribution is 0.465. The van der Waals surface area contributed by atoms with Gasteiger partial charge in [0, 0.05) is 11.6 Å². The Labute approximate surface area is 120 Å². The van der Waals surface area contributed by atoms with E-state index in [1.54, 1.807) is 6.07 Å². The number of para-hydroxylation sites is 1. The molecule has 1 aromatic heterocycles. The van der Waals surface area contributed by atoms with Gasteiger partial charge in [0.1, 0.15) is 5.75 Å². The van der Waals surface area contributed by atoms with Crippen LogP contribution >= 0.6 is 0 Å². The maximum Gasteiger partial charge on any atom is 0.120 e. The third kappa shape index (κ3) is 2.64. The van der Waals surface area contributed by atoms with Crippen LogP contribution in [0.3, 0.4) is 0 Å². The van der Waals surface area contributed by atoms with Crippen LogP contribution in [0.2, 0.25) is 0 Å². The van der Waals surface area contributed by atoms with Gasteiger partial charge in [0.2, 0.25) is 0 Å². The second-order valence-electron chi connectivity index (χ2n) is 5.51. The molecule has 4 heteroatoms. The van der Waals surface area contributed by atoms with Gasteiger partial charge in [-0.1, -0.05) is 18.2 Å². The number of phenols is 1. The van der Waals surface area contributed by atoms with Gasteiger partial charge in [0.15, 0.2) is 0 Å². The Morgan fingerprint density at radius 3 is 2.35 bits per heavy atom. The van der Waals surface area contributed by atoms with Gasteiger partial charge in [-0.15, -0.1) is 0 Å². The molecule has 2 aromatic rings. The molecule has 1 aromatic carbocycles. The van der Waals surface area contributed by atoms with Gasteiger partial charge in [-0.05, 0) is 40.7 Å². The van der Waals surface area contributed by atoms with Gasteiger partial charge in [0.25, 0.3) is 0 Å². The van der Waals surface area contributed by atoms with Gasteiger partial charge in [-0.2, -0.15) is 5.10 Å². The lowest BCUT2D eigenvalue weighted by Gasteiger charge is -2.17. The molecule has 1 atom stereocenters. The van der Waals surface area contributed by atoms with Crippen molar-refractivity contribution in [3.05, 3.63) is 41.2 Å². The molecule has 2 rings (SSSR count). The minimum atomic E-state index is 0.0263. The monoisotopic (exact) mass is 273 g/mol. The molecule has 1 heterocycles. The minimum Gasteiger partial charge on any atom is -0.508 e. The Balaban J connectivity index is 2.29. The van der Waals surface area contributed by atoms with E-state index in [0.29, 0.717) is 11.8 Å². The number of anilines is 1. The highest BCUT2D eigenvalue weighted by Gasteiger charge is 2.17. The predicted molar refractivity (Wildman–Crippen MR) is 82.2 cm³/mol. The van der Waals surface area contributed by atoms with Gasteiger partial charge in [0.05, 0.1) is 23.1 Å². The fraction of sp³-hybridized carbons (Fsp3) is 0.438. The Morgan fingerprint density at radius 1 is 1.15 bits per heavy atom. The number of benzene rings is 1. The largest absolute Gasteiger partial charge is 0.508 e. The van der Waals surface area contributed by atoms with E-state index in [1.165, 1.54) is 0 Å². The summed E-state index contributed by atoms with van der Waals surface area (Å²) in [5.74, 6) is 0.319. The summed E-state index contributed by atoms with van der Waals surface area (Å²) in [6.07, 6.45) is 0. The van der Waals surface area contributed by atoms with Crippen LogP contribution in [0.5, 0.6) is 5.75 Å². The van der Waals surface area contributed by atoms with Crippen molar-refractivity contribution in [3.63, 3.8) is 0 Å². The number of phenolic OH excluding ortho intramolecular Hbond substituents is 1. The number of rotatable bonds is 4. The zero-order chi connectivity index (χ0) is 14.9. The van der Waals surface area contributed by atoms with E-state index in [1.807, 2.05) is 36.7 Å². The third-order valence-corrected chi connectivity index (χ3v) is 3.58. The van der Waals surface area contributed by atoms with E-state index in [-0.39, 0.29) is 6.04 Å². The van der Waals surface area contributed by atoms with E-state index in [2.05, 4.69) is 31.2 Å². The molecule has 0 bridgehead atoms. The molecular formula is C16H23N3O. The van der Waals surface area contributed by atoms with E-state index in [9.17, 15) is 5.11 Å². The highest BCUT2D eigenvalue weighted by molar-refractivity contribution is 5.54. The Bertz CT molecular complexity index is 602. The standard InChI is InChI=1S/C16H23N3O/c1-10(2)19-13(5)16(12(4)18-19)17-11(3)14-8-6-7-9-15(14)20/h6-11,17,20H,1-5H3. The Hall–Kier alpha value is -1.97. The van der Waals surface area contributed by atoms with Gasteiger partial charge in [-0.25, -0.2) is 0 Å². The number of aryl methyl sites for hydroxylation is 1. The van der Waals surface area contributed by atoms with E-state index >= 15 is 0 Å². The molecule has 0 amide bonds. The zero-order valence-corrected chi connectivity index (χ0v) is 12.8. The van der Waals surface area contributed by atoms with Crippen LogP contribution in [-0.4, -0.2) is 14.9 Å². The van der Waals surface area contributed by atoms with Crippen LogP contribution in [0.1, 0.15) is 49.8 Å². The fourth-order valence-electron chi connectivity index (χ4n) is 2.52. The summed E-state index contributed by atoms with van der Waals surface area (Å²) in [4.78, 5) is 0. The number of aromatic hydroxyl groups is 1. The molecule has 20 heavy (non-hydrogen) atoms. The van der Waals surface area contributed by atoms with Crippen molar-refractivity contribution < 1.29 is 5.11 Å². The quantitative estimate of drug-likeness (QED) is 0.886. The number of aromatic nitrogens is 2. The predicted octanol–water partition coefficient (Wildman–Crippen LogP) is 3.96. The summed E-state index contributed by atoms with van der Waals surface area (Å²) in [5.41, 5.74) is 4.05. The second kappa shape index (κ2) is 5.57. The van der Waals surface area contributed by atoms with Crippen molar-refractivity contribution in [1.82, 2.24) is 9.78 Å². The molecule has 0 saturated carbocycles. The normalized spacial score (nSPS) is 12.7. The Kier molecular flexibility index (Phi) is 4.02. The zero-order valence-electron chi connectivity index (χ0n) is 12.8. The number of hydrogen-bond donors (Lipinski definition) is 2. The van der Waals surface area contributed by atoms with Crippen molar-refractivity contribution in [2.75, 3.05) is 5.32 Å². The SMILES string of the molecule is Cc1nn(C(C)C)c(C)c1NC(C)c1ccccc1O. The molecule has 1 unspecified atom stereocenters. The van der Waals surface area contributed by atoms with Crippen molar-refractivity contribution in [2.24, 2.45) is 0 Å². The number of nitrogens with zero attached hydrogens (tertiary/aromatic N) is 2. The summed E-state index contributed by atoms with van der Waals surface area (Å²) >= 11 is 0. The van der Waals surface area contributed by atoms with Crippen LogP contribution in [0, 0.1) is 13.8 Å². The first-order valence-electron chi connectivity index (χ1n) is 7.02. The molecule has 0 aliphatic rings. The molecular weight excluding hydrogens is 250 g/mol. The van der Waals surface area contributed by atoms with Crippen molar-refractivity contribution in [3.8, 4) is 5.75 Å². The van der Waals surface area contributed by atoms with Crippen LogP contribution in [0.4, 0.5) is 5.69 Å². The van der Waals surface area contributed by atoms with Crippen LogP contribution < -0.4 is 5.32 Å². The fourth-order valence-corrected chi connectivity index (χ4v) is 2.52. The number of hydrogen-bond acceptors (Lipinski definition) is 3. The highest BCUT2D eigenvalue weighted by Crippen LogP contribution is 2.30. The third-order valence-electron chi connectivity index (χ3n) is 3.58.